The smallest absolute Gasteiger partial charge is 0.253 e. The molecule has 19 heavy (non-hydrogen) atoms. The van der Waals surface area contributed by atoms with E-state index in [1.165, 1.54) is 0 Å². The summed E-state index contributed by atoms with van der Waals surface area (Å²) in [5.41, 5.74) is 8.05. The maximum absolute atomic E-state index is 11.9. The third kappa shape index (κ3) is 4.79. The molecule has 1 amide bonds. The van der Waals surface area contributed by atoms with Crippen LogP contribution >= 0.6 is 0 Å². The van der Waals surface area contributed by atoms with Crippen LogP contribution in [0.4, 0.5) is 11.4 Å². The summed E-state index contributed by atoms with van der Waals surface area (Å²) in [6, 6.07) is 5.33. The molecule has 1 rings (SSSR count). The molecule has 0 radical (unpaired) electrons. The first kappa shape index (κ1) is 15.3. The highest BCUT2D eigenvalue weighted by Gasteiger charge is 2.09. The Labute approximate surface area is 115 Å². The van der Waals surface area contributed by atoms with Crippen LogP contribution in [0.1, 0.15) is 16.8 Å². The van der Waals surface area contributed by atoms with Crippen molar-refractivity contribution in [2.45, 2.75) is 6.42 Å². The minimum Gasteiger partial charge on any atom is -0.397 e. The Hall–Kier alpha value is -1.75. The molecule has 0 spiro atoms. The van der Waals surface area contributed by atoms with Crippen molar-refractivity contribution < 1.29 is 4.79 Å². The van der Waals surface area contributed by atoms with Crippen LogP contribution in [0.3, 0.4) is 0 Å². The number of rotatable bonds is 6. The Bertz CT molecular complexity index is 429. The van der Waals surface area contributed by atoms with Crippen LogP contribution in [0.15, 0.2) is 18.2 Å². The van der Waals surface area contributed by atoms with Gasteiger partial charge in [-0.1, -0.05) is 0 Å². The molecule has 0 fully saturated rings. The summed E-state index contributed by atoms with van der Waals surface area (Å²) in [6.07, 6.45) is 1.03. The number of carbonyl (C=O) groups excluding carboxylic acids is 1. The lowest BCUT2D eigenvalue weighted by molar-refractivity contribution is 0.0827. The number of hydrogen-bond acceptors (Lipinski definition) is 4. The number of nitrogen functional groups attached to an aromatic ring is 1. The zero-order valence-electron chi connectivity index (χ0n) is 12.2. The predicted octanol–water partition coefficient (Wildman–Crippen LogP) is 1.33. The number of carbonyl (C=O) groups is 1. The Kier molecular flexibility index (Phi) is 5.63. The lowest BCUT2D eigenvalue weighted by Crippen LogP contribution is -2.22. The van der Waals surface area contributed by atoms with Crippen molar-refractivity contribution in [1.29, 1.82) is 0 Å². The SMILES string of the molecule is CN(C)CCCNc1cc(C(=O)N(C)C)ccc1N. The second-order valence-corrected chi connectivity index (χ2v) is 5.09. The maximum Gasteiger partial charge on any atom is 0.253 e. The molecule has 0 unspecified atom stereocenters. The highest BCUT2D eigenvalue weighted by molar-refractivity contribution is 5.95. The summed E-state index contributed by atoms with van der Waals surface area (Å²) in [7, 11) is 7.57. The summed E-state index contributed by atoms with van der Waals surface area (Å²) < 4.78 is 0. The van der Waals surface area contributed by atoms with Gasteiger partial charge in [-0.15, -0.1) is 0 Å². The van der Waals surface area contributed by atoms with Crippen LogP contribution in [0.5, 0.6) is 0 Å². The molecule has 0 aliphatic rings. The van der Waals surface area contributed by atoms with Gasteiger partial charge < -0.3 is 20.9 Å². The largest absolute Gasteiger partial charge is 0.397 e. The van der Waals surface area contributed by atoms with Gasteiger partial charge in [0.25, 0.3) is 5.91 Å². The van der Waals surface area contributed by atoms with Gasteiger partial charge in [-0.2, -0.15) is 0 Å². The number of amides is 1. The van der Waals surface area contributed by atoms with Crippen molar-refractivity contribution in [3.63, 3.8) is 0 Å². The van der Waals surface area contributed by atoms with Crippen LogP contribution < -0.4 is 11.1 Å². The molecule has 0 saturated heterocycles. The molecule has 1 aromatic carbocycles. The van der Waals surface area contributed by atoms with Crippen molar-refractivity contribution in [1.82, 2.24) is 9.80 Å². The van der Waals surface area contributed by atoms with E-state index >= 15 is 0 Å². The first-order valence-electron chi connectivity index (χ1n) is 6.41. The van der Waals surface area contributed by atoms with E-state index in [-0.39, 0.29) is 5.91 Å². The zero-order valence-corrected chi connectivity index (χ0v) is 12.2. The van der Waals surface area contributed by atoms with E-state index in [0.717, 1.165) is 25.2 Å². The van der Waals surface area contributed by atoms with Crippen LogP contribution in [0, 0.1) is 0 Å². The van der Waals surface area contributed by atoms with E-state index in [1.54, 1.807) is 31.1 Å². The maximum atomic E-state index is 11.9. The van der Waals surface area contributed by atoms with Crippen LogP contribution in [-0.2, 0) is 0 Å². The quantitative estimate of drug-likeness (QED) is 0.601. The van der Waals surface area contributed by atoms with E-state index in [0.29, 0.717) is 11.3 Å². The number of nitrogens with one attached hydrogen (secondary N) is 1. The Balaban J connectivity index is 2.67. The Morgan fingerprint density at radius 3 is 2.53 bits per heavy atom. The monoisotopic (exact) mass is 264 g/mol. The second-order valence-electron chi connectivity index (χ2n) is 5.09. The van der Waals surface area contributed by atoms with Crippen molar-refractivity contribution in [3.8, 4) is 0 Å². The van der Waals surface area contributed by atoms with E-state index < -0.39 is 0 Å². The zero-order chi connectivity index (χ0) is 14.4. The molecule has 5 heteroatoms. The summed E-state index contributed by atoms with van der Waals surface area (Å²) in [4.78, 5) is 15.6. The average Bonchev–Trinajstić information content (AvgIpc) is 2.35. The molecular formula is C14H24N4O. The third-order valence-corrected chi connectivity index (χ3v) is 2.80. The lowest BCUT2D eigenvalue weighted by Gasteiger charge is -2.15. The molecule has 1 aromatic rings. The molecule has 0 saturated carbocycles. The third-order valence-electron chi connectivity index (χ3n) is 2.80. The van der Waals surface area contributed by atoms with E-state index in [4.69, 9.17) is 5.73 Å². The molecule has 106 valence electrons. The standard InChI is InChI=1S/C14H24N4O/c1-17(2)9-5-8-16-13-10-11(6-7-12(13)15)14(19)18(3)4/h6-7,10,16H,5,8-9,15H2,1-4H3. The molecule has 0 aromatic heterocycles. The van der Waals surface area contributed by atoms with Gasteiger partial charge in [-0.05, 0) is 45.3 Å². The summed E-state index contributed by atoms with van der Waals surface area (Å²) in [5, 5.41) is 3.28. The topological polar surface area (TPSA) is 61.6 Å². The summed E-state index contributed by atoms with van der Waals surface area (Å²) >= 11 is 0. The second kappa shape index (κ2) is 6.99. The predicted molar refractivity (Wildman–Crippen MR) is 80.5 cm³/mol. The Morgan fingerprint density at radius 2 is 1.95 bits per heavy atom. The fourth-order valence-electron chi connectivity index (χ4n) is 1.72. The fourth-order valence-corrected chi connectivity index (χ4v) is 1.72. The molecule has 3 N–H and O–H groups in total. The van der Waals surface area contributed by atoms with Gasteiger partial charge in [0, 0.05) is 26.2 Å². The molecule has 0 bridgehead atoms. The van der Waals surface area contributed by atoms with Gasteiger partial charge in [-0.25, -0.2) is 0 Å². The van der Waals surface area contributed by atoms with Gasteiger partial charge in [0.05, 0.1) is 11.4 Å². The normalized spacial score (nSPS) is 10.6. The number of anilines is 2. The lowest BCUT2D eigenvalue weighted by atomic mass is 10.1. The van der Waals surface area contributed by atoms with Crippen LogP contribution in [-0.4, -0.2) is 57.0 Å². The van der Waals surface area contributed by atoms with Gasteiger partial charge in [0.2, 0.25) is 0 Å². The fraction of sp³-hybridized carbons (Fsp3) is 0.500. The van der Waals surface area contributed by atoms with Crippen molar-refractivity contribution in [2.24, 2.45) is 0 Å². The van der Waals surface area contributed by atoms with Crippen molar-refractivity contribution in [2.75, 3.05) is 52.3 Å². The minimum absolute atomic E-state index is 0.0173. The summed E-state index contributed by atoms with van der Waals surface area (Å²) in [5.74, 6) is -0.0173. The van der Waals surface area contributed by atoms with Crippen LogP contribution in [0.2, 0.25) is 0 Å². The van der Waals surface area contributed by atoms with E-state index in [9.17, 15) is 4.79 Å². The van der Waals surface area contributed by atoms with Crippen molar-refractivity contribution in [3.05, 3.63) is 23.8 Å². The highest BCUT2D eigenvalue weighted by atomic mass is 16.2. The van der Waals surface area contributed by atoms with Crippen molar-refractivity contribution >= 4 is 17.3 Å². The molecule has 0 heterocycles. The highest BCUT2D eigenvalue weighted by Crippen LogP contribution is 2.20. The minimum atomic E-state index is -0.0173. The van der Waals surface area contributed by atoms with Gasteiger partial charge in [0.1, 0.15) is 0 Å². The molecule has 5 nitrogen and oxygen atoms in total. The summed E-state index contributed by atoms with van der Waals surface area (Å²) in [6.45, 7) is 1.85. The number of nitrogens with zero attached hydrogens (tertiary/aromatic N) is 2. The van der Waals surface area contributed by atoms with E-state index in [1.807, 2.05) is 20.2 Å². The number of benzene rings is 1. The van der Waals surface area contributed by atoms with Crippen LogP contribution in [0.25, 0.3) is 0 Å². The molecular weight excluding hydrogens is 240 g/mol. The Morgan fingerprint density at radius 1 is 1.26 bits per heavy atom. The molecule has 0 aliphatic carbocycles. The average molecular weight is 264 g/mol. The van der Waals surface area contributed by atoms with Gasteiger partial charge >= 0.3 is 0 Å². The number of nitrogens with two attached hydrogens (primary N) is 1. The molecule has 0 atom stereocenters. The van der Waals surface area contributed by atoms with Gasteiger partial charge in [-0.3, -0.25) is 4.79 Å². The first-order valence-corrected chi connectivity index (χ1v) is 6.41. The molecule has 0 aliphatic heterocycles. The number of hydrogen-bond donors (Lipinski definition) is 2. The van der Waals surface area contributed by atoms with Gasteiger partial charge in [0.15, 0.2) is 0 Å². The first-order chi connectivity index (χ1) is 8.91. The van der Waals surface area contributed by atoms with E-state index in [2.05, 4.69) is 10.2 Å².